The lowest BCUT2D eigenvalue weighted by Crippen LogP contribution is -2.29. The van der Waals surface area contributed by atoms with Crippen molar-refractivity contribution >= 4 is 23.0 Å². The minimum Gasteiger partial charge on any atom is -0.497 e. The van der Waals surface area contributed by atoms with Crippen molar-refractivity contribution in [3.05, 3.63) is 59.4 Å². The zero-order valence-electron chi connectivity index (χ0n) is 14.7. The van der Waals surface area contributed by atoms with Gasteiger partial charge in [-0.05, 0) is 36.4 Å². The van der Waals surface area contributed by atoms with Crippen LogP contribution < -0.4 is 14.8 Å². The van der Waals surface area contributed by atoms with E-state index < -0.39 is 0 Å². The third-order valence-corrected chi connectivity index (χ3v) is 4.51. The molecule has 1 aliphatic heterocycles. The van der Waals surface area contributed by atoms with Crippen molar-refractivity contribution in [2.75, 3.05) is 13.7 Å². The molecule has 3 aromatic rings. The molecular weight excluding hydrogens is 330 g/mol. The van der Waals surface area contributed by atoms with Gasteiger partial charge in [-0.25, -0.2) is 4.98 Å². The third-order valence-electron chi connectivity index (χ3n) is 4.51. The van der Waals surface area contributed by atoms with Crippen molar-refractivity contribution in [1.82, 2.24) is 14.9 Å². The molecule has 0 saturated carbocycles. The minimum absolute atomic E-state index is 0.162. The molecule has 0 fully saturated rings. The third kappa shape index (κ3) is 2.90. The molecule has 1 aromatic heterocycles. The quantitative estimate of drug-likeness (QED) is 0.786. The number of carbonyl (C=O) groups is 1. The smallest absolute Gasteiger partial charge is 0.251 e. The Morgan fingerprint density at radius 2 is 2.15 bits per heavy atom. The normalized spacial score (nSPS) is 12.9. The summed E-state index contributed by atoms with van der Waals surface area (Å²) in [6, 6.07) is 13.4. The van der Waals surface area contributed by atoms with Gasteiger partial charge < -0.3 is 19.4 Å². The maximum atomic E-state index is 12.5. The highest BCUT2D eigenvalue weighted by Crippen LogP contribution is 2.29. The standard InChI is InChI=1S/C20H19N3O3/c1-23-17-6-4-3-5-16(17)22-19(23)11-21-20(24)14-9-13-10-15(25-2)7-8-18(13)26-12-14/h3-10H,11-12H2,1-2H3,(H,21,24). The molecule has 132 valence electrons. The van der Waals surface area contributed by atoms with E-state index in [1.54, 1.807) is 7.11 Å². The molecule has 6 nitrogen and oxygen atoms in total. The molecule has 0 unspecified atom stereocenters. The number of benzene rings is 2. The predicted octanol–water partition coefficient (Wildman–Crippen LogP) is 2.67. The first-order valence-corrected chi connectivity index (χ1v) is 8.35. The number of aromatic nitrogens is 2. The van der Waals surface area contributed by atoms with Crippen LogP contribution in [0.2, 0.25) is 0 Å². The van der Waals surface area contributed by atoms with Crippen molar-refractivity contribution in [3.63, 3.8) is 0 Å². The second-order valence-corrected chi connectivity index (χ2v) is 6.12. The highest BCUT2D eigenvalue weighted by atomic mass is 16.5. The molecule has 4 rings (SSSR count). The molecule has 0 saturated heterocycles. The Bertz CT molecular complexity index is 1020. The van der Waals surface area contributed by atoms with Gasteiger partial charge in [-0.1, -0.05) is 12.1 Å². The van der Waals surface area contributed by atoms with Crippen LogP contribution >= 0.6 is 0 Å². The van der Waals surface area contributed by atoms with Gasteiger partial charge in [0.25, 0.3) is 5.91 Å². The molecule has 2 aromatic carbocycles. The summed E-state index contributed by atoms with van der Waals surface area (Å²) in [7, 11) is 3.56. The van der Waals surface area contributed by atoms with Gasteiger partial charge in [-0.15, -0.1) is 0 Å². The van der Waals surface area contributed by atoms with Crippen LogP contribution in [0.15, 0.2) is 48.0 Å². The summed E-state index contributed by atoms with van der Waals surface area (Å²) in [4.78, 5) is 17.1. The Morgan fingerprint density at radius 3 is 2.96 bits per heavy atom. The molecule has 1 aliphatic rings. The van der Waals surface area contributed by atoms with Crippen molar-refractivity contribution in [2.45, 2.75) is 6.54 Å². The number of para-hydroxylation sites is 2. The zero-order chi connectivity index (χ0) is 18.1. The Kier molecular flexibility index (Phi) is 4.08. The average molecular weight is 349 g/mol. The van der Waals surface area contributed by atoms with E-state index in [2.05, 4.69) is 10.3 Å². The minimum atomic E-state index is -0.162. The Balaban J connectivity index is 1.51. The summed E-state index contributed by atoms with van der Waals surface area (Å²) in [5.74, 6) is 2.12. The molecule has 0 bridgehead atoms. The van der Waals surface area contributed by atoms with Gasteiger partial charge in [-0.3, -0.25) is 4.79 Å². The highest BCUT2D eigenvalue weighted by molar-refractivity contribution is 5.99. The lowest BCUT2D eigenvalue weighted by Gasteiger charge is -2.18. The van der Waals surface area contributed by atoms with Gasteiger partial charge in [0.2, 0.25) is 0 Å². The topological polar surface area (TPSA) is 65.4 Å². The summed E-state index contributed by atoms with van der Waals surface area (Å²) >= 11 is 0. The summed E-state index contributed by atoms with van der Waals surface area (Å²) in [6.07, 6.45) is 1.84. The number of hydrogen-bond acceptors (Lipinski definition) is 4. The number of imidazole rings is 1. The first-order chi connectivity index (χ1) is 12.7. The lowest BCUT2D eigenvalue weighted by molar-refractivity contribution is -0.118. The van der Waals surface area contributed by atoms with E-state index in [4.69, 9.17) is 9.47 Å². The monoisotopic (exact) mass is 349 g/mol. The fourth-order valence-corrected chi connectivity index (χ4v) is 3.04. The van der Waals surface area contributed by atoms with Gasteiger partial charge in [0.1, 0.15) is 23.9 Å². The van der Waals surface area contributed by atoms with E-state index in [1.807, 2.05) is 60.2 Å². The Labute approximate surface area is 151 Å². The summed E-state index contributed by atoms with van der Waals surface area (Å²) in [5.41, 5.74) is 3.37. The summed E-state index contributed by atoms with van der Waals surface area (Å²) < 4.78 is 12.9. The molecule has 0 radical (unpaired) electrons. The number of carbonyl (C=O) groups excluding carboxylic acids is 1. The molecule has 6 heteroatoms. The number of fused-ring (bicyclic) bond motifs is 2. The first-order valence-electron chi connectivity index (χ1n) is 8.35. The van der Waals surface area contributed by atoms with Crippen LogP contribution in [0, 0.1) is 0 Å². The highest BCUT2D eigenvalue weighted by Gasteiger charge is 2.18. The zero-order valence-corrected chi connectivity index (χ0v) is 14.7. The van der Waals surface area contributed by atoms with Gasteiger partial charge in [0.15, 0.2) is 0 Å². The second-order valence-electron chi connectivity index (χ2n) is 6.12. The van der Waals surface area contributed by atoms with Crippen LogP contribution in [0.5, 0.6) is 11.5 Å². The number of hydrogen-bond donors (Lipinski definition) is 1. The molecule has 0 spiro atoms. The van der Waals surface area contributed by atoms with E-state index in [1.165, 1.54) is 0 Å². The SMILES string of the molecule is COc1ccc2c(c1)C=C(C(=O)NCc1nc3ccccc3n1C)CO2. The Morgan fingerprint density at radius 1 is 1.31 bits per heavy atom. The van der Waals surface area contributed by atoms with Gasteiger partial charge >= 0.3 is 0 Å². The van der Waals surface area contributed by atoms with E-state index in [-0.39, 0.29) is 12.5 Å². The van der Waals surface area contributed by atoms with Crippen LogP contribution in [-0.4, -0.2) is 29.2 Å². The second kappa shape index (κ2) is 6.55. The maximum Gasteiger partial charge on any atom is 0.251 e. The molecular formula is C20H19N3O3. The Hall–Kier alpha value is -3.28. The van der Waals surface area contributed by atoms with Crippen LogP contribution in [0.4, 0.5) is 0 Å². The first kappa shape index (κ1) is 16.2. The number of methoxy groups -OCH3 is 1. The number of rotatable bonds is 4. The van der Waals surface area contributed by atoms with Gasteiger partial charge in [0, 0.05) is 12.6 Å². The molecule has 0 atom stereocenters. The molecule has 0 aliphatic carbocycles. The van der Waals surface area contributed by atoms with E-state index in [0.717, 1.165) is 33.9 Å². The van der Waals surface area contributed by atoms with Crippen LogP contribution in [0.3, 0.4) is 0 Å². The van der Waals surface area contributed by atoms with Gasteiger partial charge in [-0.2, -0.15) is 0 Å². The fourth-order valence-electron chi connectivity index (χ4n) is 3.04. The van der Waals surface area contributed by atoms with Crippen LogP contribution in [0.25, 0.3) is 17.1 Å². The van der Waals surface area contributed by atoms with E-state index in [0.29, 0.717) is 12.1 Å². The van der Waals surface area contributed by atoms with Crippen molar-refractivity contribution in [2.24, 2.45) is 7.05 Å². The van der Waals surface area contributed by atoms with Crippen LogP contribution in [0.1, 0.15) is 11.4 Å². The van der Waals surface area contributed by atoms with Crippen molar-refractivity contribution in [3.8, 4) is 11.5 Å². The average Bonchev–Trinajstić information content (AvgIpc) is 3.01. The predicted molar refractivity (Wildman–Crippen MR) is 99.0 cm³/mol. The van der Waals surface area contributed by atoms with Crippen LogP contribution in [-0.2, 0) is 18.4 Å². The fraction of sp³-hybridized carbons (Fsp3) is 0.200. The number of nitrogens with zero attached hydrogens (tertiary/aromatic N) is 2. The largest absolute Gasteiger partial charge is 0.497 e. The number of amides is 1. The summed E-state index contributed by atoms with van der Waals surface area (Å²) in [6.45, 7) is 0.597. The molecule has 2 heterocycles. The van der Waals surface area contributed by atoms with Crippen molar-refractivity contribution < 1.29 is 14.3 Å². The van der Waals surface area contributed by atoms with Gasteiger partial charge in [0.05, 0.1) is 30.3 Å². The van der Waals surface area contributed by atoms with Crippen molar-refractivity contribution in [1.29, 1.82) is 0 Å². The van der Waals surface area contributed by atoms with E-state index >= 15 is 0 Å². The number of nitrogens with one attached hydrogen (secondary N) is 1. The lowest BCUT2D eigenvalue weighted by atomic mass is 10.1. The molecule has 26 heavy (non-hydrogen) atoms. The molecule has 1 N–H and O–H groups in total. The molecule has 1 amide bonds. The number of aryl methyl sites for hydroxylation is 1. The summed E-state index contributed by atoms with van der Waals surface area (Å²) in [5, 5.41) is 2.93. The number of ether oxygens (including phenoxy) is 2. The van der Waals surface area contributed by atoms with E-state index in [9.17, 15) is 4.79 Å². The maximum absolute atomic E-state index is 12.5.